The minimum Gasteiger partial charge on any atom is -0.399 e. The fraction of sp³-hybridized carbons (Fsp3) is 0.100. The lowest BCUT2D eigenvalue weighted by Gasteiger charge is -2.05. The first-order valence-corrected chi connectivity index (χ1v) is 7.30. The zero-order valence-electron chi connectivity index (χ0n) is 12.0. The summed E-state index contributed by atoms with van der Waals surface area (Å²) in [6.45, 7) is 0. The van der Waals surface area contributed by atoms with Gasteiger partial charge in [0.25, 0.3) is 0 Å². The summed E-state index contributed by atoms with van der Waals surface area (Å²) in [5.74, 6) is 0. The van der Waals surface area contributed by atoms with Crippen LogP contribution in [-0.2, 0) is 12.8 Å². The van der Waals surface area contributed by atoms with Gasteiger partial charge < -0.3 is 5.73 Å². The van der Waals surface area contributed by atoms with E-state index in [2.05, 4.69) is 60.7 Å². The van der Waals surface area contributed by atoms with Crippen LogP contribution in [0, 0.1) is 0 Å². The number of hydrogen-bond acceptors (Lipinski definition) is 1. The summed E-state index contributed by atoms with van der Waals surface area (Å²) < 4.78 is 0. The van der Waals surface area contributed by atoms with Crippen LogP contribution in [0.5, 0.6) is 0 Å². The highest BCUT2D eigenvalue weighted by Crippen LogP contribution is 2.20. The molecule has 0 aromatic heterocycles. The topological polar surface area (TPSA) is 26.0 Å². The zero-order chi connectivity index (χ0) is 14.5. The van der Waals surface area contributed by atoms with Crippen LogP contribution in [0.15, 0.2) is 78.9 Å². The van der Waals surface area contributed by atoms with Crippen molar-refractivity contribution in [2.45, 2.75) is 12.8 Å². The molecule has 1 heteroatoms. The third-order valence-electron chi connectivity index (χ3n) is 3.74. The molecular formula is C20H19N. The lowest BCUT2D eigenvalue weighted by Crippen LogP contribution is -1.92. The second-order valence-electron chi connectivity index (χ2n) is 5.30. The van der Waals surface area contributed by atoms with Crippen molar-refractivity contribution < 1.29 is 0 Å². The van der Waals surface area contributed by atoms with Gasteiger partial charge in [-0.15, -0.1) is 0 Å². The number of benzene rings is 3. The molecule has 0 saturated heterocycles. The van der Waals surface area contributed by atoms with E-state index >= 15 is 0 Å². The van der Waals surface area contributed by atoms with Gasteiger partial charge in [-0.25, -0.2) is 0 Å². The molecule has 0 aliphatic carbocycles. The average Bonchev–Trinajstić information content (AvgIpc) is 2.56. The van der Waals surface area contributed by atoms with E-state index in [0.29, 0.717) is 0 Å². The fourth-order valence-corrected chi connectivity index (χ4v) is 2.47. The minimum absolute atomic E-state index is 0.825. The Hall–Kier alpha value is -2.54. The normalized spacial score (nSPS) is 10.5. The van der Waals surface area contributed by atoms with Crippen molar-refractivity contribution in [2.75, 3.05) is 5.73 Å². The second kappa shape index (κ2) is 6.27. The third-order valence-corrected chi connectivity index (χ3v) is 3.74. The van der Waals surface area contributed by atoms with Gasteiger partial charge in [0, 0.05) is 5.69 Å². The van der Waals surface area contributed by atoms with Gasteiger partial charge in [-0.05, 0) is 47.2 Å². The Labute approximate surface area is 126 Å². The van der Waals surface area contributed by atoms with Crippen LogP contribution < -0.4 is 5.73 Å². The molecule has 0 atom stereocenters. The fourth-order valence-electron chi connectivity index (χ4n) is 2.47. The first kappa shape index (κ1) is 13.4. The molecule has 3 aromatic rings. The molecule has 0 spiro atoms. The molecule has 0 saturated carbocycles. The molecule has 21 heavy (non-hydrogen) atoms. The van der Waals surface area contributed by atoms with Crippen molar-refractivity contribution in [3.05, 3.63) is 90.0 Å². The quantitative estimate of drug-likeness (QED) is 0.684. The summed E-state index contributed by atoms with van der Waals surface area (Å²) in [6.07, 6.45) is 2.10. The van der Waals surface area contributed by atoms with E-state index in [4.69, 9.17) is 5.73 Å². The van der Waals surface area contributed by atoms with E-state index in [-0.39, 0.29) is 0 Å². The SMILES string of the molecule is Nc1ccc(CCc2ccc(-c3ccccc3)cc2)cc1. The Morgan fingerprint density at radius 3 is 1.57 bits per heavy atom. The van der Waals surface area contributed by atoms with Crippen LogP contribution in [0.25, 0.3) is 11.1 Å². The van der Waals surface area contributed by atoms with E-state index in [9.17, 15) is 0 Å². The van der Waals surface area contributed by atoms with Crippen molar-refractivity contribution >= 4 is 5.69 Å². The van der Waals surface area contributed by atoms with Gasteiger partial charge >= 0.3 is 0 Å². The van der Waals surface area contributed by atoms with Crippen molar-refractivity contribution in [3.63, 3.8) is 0 Å². The number of rotatable bonds is 4. The highest BCUT2D eigenvalue weighted by atomic mass is 14.5. The maximum Gasteiger partial charge on any atom is 0.0314 e. The van der Waals surface area contributed by atoms with Crippen molar-refractivity contribution in [3.8, 4) is 11.1 Å². The predicted molar refractivity (Wildman–Crippen MR) is 90.1 cm³/mol. The van der Waals surface area contributed by atoms with E-state index in [0.717, 1.165) is 18.5 Å². The molecule has 3 rings (SSSR count). The second-order valence-corrected chi connectivity index (χ2v) is 5.30. The lowest BCUT2D eigenvalue weighted by molar-refractivity contribution is 0.961. The number of nitrogen functional groups attached to an aromatic ring is 1. The van der Waals surface area contributed by atoms with E-state index < -0.39 is 0 Å². The van der Waals surface area contributed by atoms with Crippen LogP contribution in [0.3, 0.4) is 0 Å². The van der Waals surface area contributed by atoms with Gasteiger partial charge in [0.1, 0.15) is 0 Å². The summed E-state index contributed by atoms with van der Waals surface area (Å²) in [5, 5.41) is 0. The highest BCUT2D eigenvalue weighted by molar-refractivity contribution is 5.63. The third kappa shape index (κ3) is 3.51. The van der Waals surface area contributed by atoms with Gasteiger partial charge in [0.2, 0.25) is 0 Å². The molecule has 104 valence electrons. The Bertz CT molecular complexity index is 682. The Morgan fingerprint density at radius 2 is 1.00 bits per heavy atom. The van der Waals surface area contributed by atoms with E-state index in [1.165, 1.54) is 22.3 Å². The van der Waals surface area contributed by atoms with Gasteiger partial charge in [0.05, 0.1) is 0 Å². The first-order valence-electron chi connectivity index (χ1n) is 7.30. The standard InChI is InChI=1S/C20H19N/c21-20-14-10-17(11-15-20)7-6-16-8-12-19(13-9-16)18-4-2-1-3-5-18/h1-5,8-15H,6-7,21H2. The largest absolute Gasteiger partial charge is 0.399 e. The predicted octanol–water partition coefficient (Wildman–Crippen LogP) is 4.72. The Balaban J connectivity index is 1.66. The molecule has 2 N–H and O–H groups in total. The Morgan fingerprint density at radius 1 is 0.524 bits per heavy atom. The van der Waals surface area contributed by atoms with Gasteiger partial charge in [-0.1, -0.05) is 66.7 Å². The van der Waals surface area contributed by atoms with Crippen LogP contribution >= 0.6 is 0 Å². The molecular weight excluding hydrogens is 254 g/mol. The Kier molecular flexibility index (Phi) is 4.02. The molecule has 1 nitrogen and oxygen atoms in total. The van der Waals surface area contributed by atoms with Crippen LogP contribution in [0.2, 0.25) is 0 Å². The molecule has 0 bridgehead atoms. The van der Waals surface area contributed by atoms with Gasteiger partial charge in [-0.2, -0.15) is 0 Å². The summed E-state index contributed by atoms with van der Waals surface area (Å²) >= 11 is 0. The lowest BCUT2D eigenvalue weighted by atomic mass is 10.0. The number of hydrogen-bond donors (Lipinski definition) is 1. The average molecular weight is 273 g/mol. The van der Waals surface area contributed by atoms with Crippen LogP contribution in [0.4, 0.5) is 5.69 Å². The van der Waals surface area contributed by atoms with Crippen LogP contribution in [0.1, 0.15) is 11.1 Å². The zero-order valence-corrected chi connectivity index (χ0v) is 12.0. The summed E-state index contributed by atoms with van der Waals surface area (Å²) in [5.41, 5.74) is 11.8. The molecule has 0 aliphatic rings. The molecule has 0 fully saturated rings. The number of nitrogens with two attached hydrogens (primary N) is 1. The number of anilines is 1. The maximum atomic E-state index is 5.71. The van der Waals surface area contributed by atoms with Crippen molar-refractivity contribution in [1.29, 1.82) is 0 Å². The van der Waals surface area contributed by atoms with Crippen molar-refractivity contribution in [1.82, 2.24) is 0 Å². The molecule has 0 heterocycles. The van der Waals surface area contributed by atoms with Gasteiger partial charge in [0.15, 0.2) is 0 Å². The molecule has 3 aromatic carbocycles. The molecule has 0 amide bonds. The molecule has 0 radical (unpaired) electrons. The number of aryl methyl sites for hydroxylation is 2. The molecule has 0 aliphatic heterocycles. The highest BCUT2D eigenvalue weighted by Gasteiger charge is 1.99. The van der Waals surface area contributed by atoms with E-state index in [1.54, 1.807) is 0 Å². The van der Waals surface area contributed by atoms with Gasteiger partial charge in [-0.3, -0.25) is 0 Å². The monoisotopic (exact) mass is 273 g/mol. The van der Waals surface area contributed by atoms with Crippen LogP contribution in [-0.4, -0.2) is 0 Å². The van der Waals surface area contributed by atoms with Crippen molar-refractivity contribution in [2.24, 2.45) is 0 Å². The van der Waals surface area contributed by atoms with E-state index in [1.807, 2.05) is 18.2 Å². The molecule has 0 unspecified atom stereocenters. The summed E-state index contributed by atoms with van der Waals surface area (Å²) in [4.78, 5) is 0. The summed E-state index contributed by atoms with van der Waals surface area (Å²) in [7, 11) is 0. The maximum absolute atomic E-state index is 5.71. The summed E-state index contributed by atoms with van der Waals surface area (Å²) in [6, 6.07) is 27.5. The first-order chi connectivity index (χ1) is 10.3. The smallest absolute Gasteiger partial charge is 0.0314 e. The minimum atomic E-state index is 0.825.